The molecule has 4 nitrogen and oxygen atoms in total. The number of carbonyl (C=O) groups is 2. The van der Waals surface area contributed by atoms with E-state index in [9.17, 15) is 9.59 Å². The van der Waals surface area contributed by atoms with E-state index in [4.69, 9.17) is 4.74 Å². The highest BCUT2D eigenvalue weighted by Gasteiger charge is 2.15. The van der Waals surface area contributed by atoms with Gasteiger partial charge in [0.15, 0.2) is 6.61 Å². The van der Waals surface area contributed by atoms with Crippen molar-refractivity contribution >= 4 is 23.2 Å². The molecule has 1 N–H and O–H groups in total. The van der Waals surface area contributed by atoms with Gasteiger partial charge in [-0.3, -0.25) is 4.79 Å². The summed E-state index contributed by atoms with van der Waals surface area (Å²) < 4.78 is 5.01. The molecule has 0 saturated carbocycles. The van der Waals surface area contributed by atoms with Gasteiger partial charge in [-0.2, -0.15) is 0 Å². The van der Waals surface area contributed by atoms with Crippen LogP contribution in [0.4, 0.5) is 0 Å². The second kappa shape index (κ2) is 7.75. The van der Waals surface area contributed by atoms with Crippen LogP contribution in [0.5, 0.6) is 0 Å². The van der Waals surface area contributed by atoms with Crippen LogP contribution >= 0.6 is 11.3 Å². The SMILES string of the molecule is CC[C@@H](NC(=O)COC(=O)c1cccs1)c1ccc(C)cc1. The van der Waals surface area contributed by atoms with Crippen LogP contribution in [-0.2, 0) is 9.53 Å². The molecule has 2 rings (SSSR count). The van der Waals surface area contributed by atoms with Crippen molar-refractivity contribution in [3.8, 4) is 0 Å². The van der Waals surface area contributed by atoms with E-state index in [0.29, 0.717) is 4.88 Å². The smallest absolute Gasteiger partial charge is 0.348 e. The Morgan fingerprint density at radius 3 is 2.55 bits per heavy atom. The van der Waals surface area contributed by atoms with E-state index in [0.717, 1.165) is 12.0 Å². The Bertz CT molecular complexity index is 620. The van der Waals surface area contributed by atoms with Gasteiger partial charge in [0, 0.05) is 0 Å². The Kier molecular flexibility index (Phi) is 5.72. The van der Waals surface area contributed by atoms with Gasteiger partial charge >= 0.3 is 5.97 Å². The largest absolute Gasteiger partial charge is 0.451 e. The summed E-state index contributed by atoms with van der Waals surface area (Å²) in [6, 6.07) is 11.4. The van der Waals surface area contributed by atoms with E-state index in [2.05, 4.69) is 5.32 Å². The van der Waals surface area contributed by atoms with E-state index in [-0.39, 0.29) is 18.6 Å². The van der Waals surface area contributed by atoms with Crippen LogP contribution in [0.25, 0.3) is 0 Å². The number of rotatable bonds is 6. The third-order valence-electron chi connectivity index (χ3n) is 3.28. The van der Waals surface area contributed by atoms with E-state index in [1.165, 1.54) is 16.9 Å². The summed E-state index contributed by atoms with van der Waals surface area (Å²) in [6.45, 7) is 3.76. The number of amides is 1. The highest BCUT2D eigenvalue weighted by atomic mass is 32.1. The number of hydrogen-bond donors (Lipinski definition) is 1. The average molecular weight is 317 g/mol. The summed E-state index contributed by atoms with van der Waals surface area (Å²) in [4.78, 5) is 24.1. The Balaban J connectivity index is 1.87. The minimum atomic E-state index is -0.464. The zero-order valence-corrected chi connectivity index (χ0v) is 13.5. The second-order valence-electron chi connectivity index (χ2n) is 4.99. The molecule has 0 aliphatic carbocycles. The maximum absolute atomic E-state index is 11.9. The van der Waals surface area contributed by atoms with Crippen molar-refractivity contribution in [3.63, 3.8) is 0 Å². The predicted octanol–water partition coefficient (Wildman–Crippen LogP) is 3.48. The molecule has 2 aromatic rings. The van der Waals surface area contributed by atoms with Crippen LogP contribution in [-0.4, -0.2) is 18.5 Å². The molecule has 1 atom stereocenters. The monoisotopic (exact) mass is 317 g/mol. The van der Waals surface area contributed by atoms with Crippen molar-refractivity contribution < 1.29 is 14.3 Å². The molecule has 0 unspecified atom stereocenters. The number of nitrogens with one attached hydrogen (secondary N) is 1. The van der Waals surface area contributed by atoms with Crippen LogP contribution in [0, 0.1) is 6.92 Å². The molecule has 0 saturated heterocycles. The number of hydrogen-bond acceptors (Lipinski definition) is 4. The molecule has 1 aromatic heterocycles. The third kappa shape index (κ3) is 4.43. The average Bonchev–Trinajstić information content (AvgIpc) is 3.05. The molecule has 0 spiro atoms. The molecule has 0 aliphatic heterocycles. The minimum Gasteiger partial charge on any atom is -0.451 e. The molecule has 0 aliphatic rings. The highest BCUT2D eigenvalue weighted by molar-refractivity contribution is 7.11. The van der Waals surface area contributed by atoms with E-state index < -0.39 is 5.97 Å². The van der Waals surface area contributed by atoms with Gasteiger partial charge in [0.25, 0.3) is 5.91 Å². The predicted molar refractivity (Wildman–Crippen MR) is 87.0 cm³/mol. The fraction of sp³-hybridized carbons (Fsp3) is 0.294. The summed E-state index contributed by atoms with van der Waals surface area (Å²) in [5.74, 6) is -0.758. The number of aryl methyl sites for hydroxylation is 1. The van der Waals surface area contributed by atoms with Gasteiger partial charge in [0.05, 0.1) is 6.04 Å². The van der Waals surface area contributed by atoms with Crippen molar-refractivity contribution in [2.75, 3.05) is 6.61 Å². The Labute approximate surface area is 134 Å². The van der Waals surface area contributed by atoms with Crippen LogP contribution < -0.4 is 5.32 Å². The summed E-state index contributed by atoms with van der Waals surface area (Å²) in [7, 11) is 0. The van der Waals surface area contributed by atoms with Crippen molar-refractivity contribution in [3.05, 3.63) is 57.8 Å². The molecular weight excluding hydrogens is 298 g/mol. The van der Waals surface area contributed by atoms with Crippen LogP contribution in [0.15, 0.2) is 41.8 Å². The normalized spacial score (nSPS) is 11.7. The van der Waals surface area contributed by atoms with Crippen LogP contribution in [0.2, 0.25) is 0 Å². The first-order chi connectivity index (χ1) is 10.6. The first-order valence-electron chi connectivity index (χ1n) is 7.16. The van der Waals surface area contributed by atoms with Gasteiger partial charge in [-0.15, -0.1) is 11.3 Å². The number of ether oxygens (including phenoxy) is 1. The fourth-order valence-corrected chi connectivity index (χ4v) is 2.67. The summed E-state index contributed by atoms with van der Waals surface area (Å²) >= 11 is 1.29. The summed E-state index contributed by atoms with van der Waals surface area (Å²) in [5, 5.41) is 4.68. The lowest BCUT2D eigenvalue weighted by Crippen LogP contribution is -2.32. The zero-order valence-electron chi connectivity index (χ0n) is 12.7. The van der Waals surface area contributed by atoms with Gasteiger partial charge in [-0.25, -0.2) is 4.79 Å². The molecule has 5 heteroatoms. The van der Waals surface area contributed by atoms with Crippen LogP contribution in [0.3, 0.4) is 0 Å². The maximum atomic E-state index is 11.9. The molecule has 0 bridgehead atoms. The highest BCUT2D eigenvalue weighted by Crippen LogP contribution is 2.17. The van der Waals surface area contributed by atoms with Crippen LogP contribution in [0.1, 0.15) is 40.2 Å². The lowest BCUT2D eigenvalue weighted by atomic mass is 10.0. The maximum Gasteiger partial charge on any atom is 0.348 e. The second-order valence-corrected chi connectivity index (χ2v) is 5.94. The zero-order chi connectivity index (χ0) is 15.9. The first-order valence-corrected chi connectivity index (χ1v) is 8.04. The van der Waals surface area contributed by atoms with Gasteiger partial charge in [-0.1, -0.05) is 42.8 Å². The number of thiophene rings is 1. The minimum absolute atomic E-state index is 0.0754. The van der Waals surface area contributed by atoms with Gasteiger partial charge in [0.1, 0.15) is 4.88 Å². The number of benzene rings is 1. The number of esters is 1. The van der Waals surface area contributed by atoms with E-state index in [1.54, 1.807) is 17.5 Å². The molecule has 22 heavy (non-hydrogen) atoms. The fourth-order valence-electron chi connectivity index (χ4n) is 2.05. The molecule has 1 aromatic carbocycles. The third-order valence-corrected chi connectivity index (χ3v) is 4.13. The van der Waals surface area contributed by atoms with Crippen molar-refractivity contribution in [2.24, 2.45) is 0 Å². The summed E-state index contributed by atoms with van der Waals surface area (Å²) in [5.41, 5.74) is 2.22. The molecule has 1 amide bonds. The van der Waals surface area contributed by atoms with Crippen molar-refractivity contribution in [2.45, 2.75) is 26.3 Å². The van der Waals surface area contributed by atoms with E-state index >= 15 is 0 Å². The quantitative estimate of drug-likeness (QED) is 0.830. The molecule has 0 radical (unpaired) electrons. The summed E-state index contributed by atoms with van der Waals surface area (Å²) in [6.07, 6.45) is 0.772. The number of carbonyl (C=O) groups excluding carboxylic acids is 2. The molecular formula is C17H19NO3S. The van der Waals surface area contributed by atoms with Crippen molar-refractivity contribution in [1.82, 2.24) is 5.32 Å². The Morgan fingerprint density at radius 2 is 1.95 bits per heavy atom. The van der Waals surface area contributed by atoms with Gasteiger partial charge in [-0.05, 0) is 30.4 Å². The molecule has 1 heterocycles. The Morgan fingerprint density at radius 1 is 1.23 bits per heavy atom. The van der Waals surface area contributed by atoms with E-state index in [1.807, 2.05) is 38.1 Å². The topological polar surface area (TPSA) is 55.4 Å². The lowest BCUT2D eigenvalue weighted by molar-refractivity contribution is -0.125. The molecule has 0 fully saturated rings. The Hall–Kier alpha value is -2.14. The van der Waals surface area contributed by atoms with Gasteiger partial charge in [0.2, 0.25) is 0 Å². The first kappa shape index (κ1) is 16.2. The standard InChI is InChI=1S/C17H19NO3S/c1-3-14(13-8-6-12(2)7-9-13)18-16(19)11-21-17(20)15-5-4-10-22-15/h4-10,14H,3,11H2,1-2H3,(H,18,19)/t14-/m1/s1. The van der Waals surface area contributed by atoms with Crippen molar-refractivity contribution in [1.29, 1.82) is 0 Å². The lowest BCUT2D eigenvalue weighted by Gasteiger charge is -2.17. The molecule has 116 valence electrons. The van der Waals surface area contributed by atoms with Gasteiger partial charge < -0.3 is 10.1 Å².